The summed E-state index contributed by atoms with van der Waals surface area (Å²) in [7, 11) is 0. The number of carbonyl (C=O) groups excluding carboxylic acids is 1. The van der Waals surface area contributed by atoms with Crippen molar-refractivity contribution >= 4 is 5.78 Å². The molecule has 0 fully saturated rings. The highest BCUT2D eigenvalue weighted by Gasteiger charge is 2.19. The first-order valence-electron chi connectivity index (χ1n) is 10.0. The fraction of sp³-hybridized carbons (Fsp3) is 0.280. The summed E-state index contributed by atoms with van der Waals surface area (Å²) in [5.41, 5.74) is 3.48. The van der Waals surface area contributed by atoms with E-state index in [1.54, 1.807) is 19.9 Å². The molecule has 1 aromatic heterocycles. The molecule has 0 aliphatic rings. The van der Waals surface area contributed by atoms with Crippen molar-refractivity contribution in [3.8, 4) is 5.75 Å². The molecule has 0 aliphatic carbocycles. The average Bonchev–Trinajstić information content (AvgIpc) is 2.69. The summed E-state index contributed by atoms with van der Waals surface area (Å²) in [6.07, 6.45) is -0.0387. The number of aromatic nitrogens is 1. The Labute approximate surface area is 175 Å². The Morgan fingerprint density at radius 2 is 1.77 bits per heavy atom. The van der Waals surface area contributed by atoms with E-state index in [1.165, 1.54) is 6.07 Å². The summed E-state index contributed by atoms with van der Waals surface area (Å²) in [6, 6.07) is 14.0. The number of H-pyrrole nitrogens is 1. The molecule has 1 atom stereocenters. The SMILES string of the molecule is Cc1cc(C)c(CCC(=O)c2cc(F)c([C@@H](C)Oc3ccccc3)cc2C)c(=O)[nH]1. The fourth-order valence-electron chi connectivity index (χ4n) is 3.65. The second-order valence-corrected chi connectivity index (χ2v) is 7.63. The predicted octanol–water partition coefficient (Wildman–Crippen LogP) is 5.39. The zero-order valence-corrected chi connectivity index (χ0v) is 17.7. The Morgan fingerprint density at radius 3 is 2.43 bits per heavy atom. The minimum atomic E-state index is -0.496. The molecule has 0 spiro atoms. The second-order valence-electron chi connectivity index (χ2n) is 7.63. The zero-order valence-electron chi connectivity index (χ0n) is 17.7. The number of Topliss-reactive ketones (excluding diaryl/α,β-unsaturated/α-hetero) is 1. The van der Waals surface area contributed by atoms with E-state index < -0.39 is 11.9 Å². The van der Waals surface area contributed by atoms with E-state index in [2.05, 4.69) is 4.98 Å². The number of ketones is 1. The minimum Gasteiger partial charge on any atom is -0.486 e. The predicted molar refractivity (Wildman–Crippen MR) is 116 cm³/mol. The fourth-order valence-corrected chi connectivity index (χ4v) is 3.65. The summed E-state index contributed by atoms with van der Waals surface area (Å²) in [5.74, 6) is -0.00778. The van der Waals surface area contributed by atoms with E-state index in [0.717, 1.165) is 11.3 Å². The van der Waals surface area contributed by atoms with Crippen LogP contribution in [0, 0.1) is 26.6 Å². The van der Waals surface area contributed by atoms with Gasteiger partial charge < -0.3 is 9.72 Å². The van der Waals surface area contributed by atoms with Crippen LogP contribution >= 0.6 is 0 Å². The maximum Gasteiger partial charge on any atom is 0.251 e. The van der Waals surface area contributed by atoms with E-state index in [1.807, 2.05) is 50.2 Å². The third kappa shape index (κ3) is 4.85. The smallest absolute Gasteiger partial charge is 0.251 e. The van der Waals surface area contributed by atoms with Crippen molar-refractivity contribution < 1.29 is 13.9 Å². The largest absolute Gasteiger partial charge is 0.486 e. The van der Waals surface area contributed by atoms with Crippen molar-refractivity contribution in [1.29, 1.82) is 0 Å². The van der Waals surface area contributed by atoms with Crippen LogP contribution in [0.2, 0.25) is 0 Å². The summed E-state index contributed by atoms with van der Waals surface area (Å²) in [4.78, 5) is 27.7. The summed E-state index contributed by atoms with van der Waals surface area (Å²) < 4.78 is 20.6. The van der Waals surface area contributed by atoms with Crippen LogP contribution in [-0.2, 0) is 6.42 Å². The number of halogens is 1. The molecule has 0 aliphatic heterocycles. The van der Waals surface area contributed by atoms with Crippen LogP contribution in [0.3, 0.4) is 0 Å². The molecule has 1 heterocycles. The van der Waals surface area contributed by atoms with Gasteiger partial charge in [0.05, 0.1) is 0 Å². The Balaban J connectivity index is 1.76. The number of pyridine rings is 1. The van der Waals surface area contributed by atoms with Crippen LogP contribution in [0.4, 0.5) is 4.39 Å². The molecule has 4 nitrogen and oxygen atoms in total. The topological polar surface area (TPSA) is 59.2 Å². The lowest BCUT2D eigenvalue weighted by atomic mass is 9.95. The van der Waals surface area contributed by atoms with Crippen LogP contribution in [0.1, 0.15) is 57.8 Å². The van der Waals surface area contributed by atoms with Gasteiger partial charge in [-0.15, -0.1) is 0 Å². The van der Waals surface area contributed by atoms with Gasteiger partial charge in [0.25, 0.3) is 5.56 Å². The van der Waals surface area contributed by atoms with E-state index in [4.69, 9.17) is 4.74 Å². The van der Waals surface area contributed by atoms with Crippen molar-refractivity contribution in [3.63, 3.8) is 0 Å². The number of para-hydroxylation sites is 1. The van der Waals surface area contributed by atoms with Gasteiger partial charge in [0.15, 0.2) is 5.78 Å². The van der Waals surface area contributed by atoms with E-state index >= 15 is 0 Å². The molecule has 156 valence electrons. The Bertz CT molecular complexity index is 1120. The van der Waals surface area contributed by atoms with Gasteiger partial charge in [-0.2, -0.15) is 0 Å². The number of rotatable bonds is 7. The third-order valence-electron chi connectivity index (χ3n) is 5.23. The second kappa shape index (κ2) is 9.08. The zero-order chi connectivity index (χ0) is 21.8. The molecular weight excluding hydrogens is 381 g/mol. The number of carbonyl (C=O) groups is 1. The van der Waals surface area contributed by atoms with Crippen LogP contribution < -0.4 is 10.3 Å². The molecular formula is C25H26FNO3. The molecule has 0 radical (unpaired) electrons. The van der Waals surface area contributed by atoms with Gasteiger partial charge in [0.2, 0.25) is 0 Å². The summed E-state index contributed by atoms with van der Waals surface area (Å²) in [5, 5.41) is 0. The number of benzene rings is 2. The van der Waals surface area contributed by atoms with Crippen molar-refractivity contribution in [2.45, 2.75) is 46.6 Å². The number of hydrogen-bond acceptors (Lipinski definition) is 3. The van der Waals surface area contributed by atoms with Gasteiger partial charge in [0.1, 0.15) is 17.7 Å². The Kier molecular flexibility index (Phi) is 6.50. The standard InChI is InChI=1S/C25H26FNO3/c1-15-12-17(3)27-25(29)20(15)10-11-24(28)21-14-23(26)22(13-16(21)2)18(4)30-19-8-6-5-7-9-19/h5-9,12-14,18H,10-11H2,1-4H3,(H,27,29)/t18-/m1/s1. The number of aromatic amines is 1. The average molecular weight is 407 g/mol. The lowest BCUT2D eigenvalue weighted by molar-refractivity contribution is 0.0981. The molecule has 0 amide bonds. The molecule has 0 bridgehead atoms. The quantitative estimate of drug-likeness (QED) is 0.534. The van der Waals surface area contributed by atoms with Gasteiger partial charge in [0, 0.05) is 28.8 Å². The minimum absolute atomic E-state index is 0.142. The lowest BCUT2D eigenvalue weighted by Gasteiger charge is -2.17. The Morgan fingerprint density at radius 1 is 1.07 bits per heavy atom. The highest BCUT2D eigenvalue weighted by molar-refractivity contribution is 5.97. The molecule has 3 rings (SSSR count). The van der Waals surface area contributed by atoms with E-state index in [9.17, 15) is 14.0 Å². The monoisotopic (exact) mass is 407 g/mol. The van der Waals surface area contributed by atoms with Gasteiger partial charge in [-0.25, -0.2) is 4.39 Å². The van der Waals surface area contributed by atoms with Crippen molar-refractivity contribution in [1.82, 2.24) is 4.98 Å². The molecule has 0 saturated carbocycles. The number of ether oxygens (including phenoxy) is 1. The normalized spacial score (nSPS) is 11.9. The molecule has 1 N–H and O–H groups in total. The number of nitrogens with one attached hydrogen (secondary N) is 1. The number of hydrogen-bond donors (Lipinski definition) is 1. The lowest BCUT2D eigenvalue weighted by Crippen LogP contribution is -2.17. The molecule has 5 heteroatoms. The van der Waals surface area contributed by atoms with Gasteiger partial charge >= 0.3 is 0 Å². The maximum absolute atomic E-state index is 14.8. The van der Waals surface area contributed by atoms with E-state index in [-0.39, 0.29) is 17.8 Å². The van der Waals surface area contributed by atoms with Gasteiger partial charge in [-0.3, -0.25) is 9.59 Å². The number of aryl methyl sites for hydroxylation is 3. The maximum atomic E-state index is 14.8. The van der Waals surface area contributed by atoms with Crippen molar-refractivity contribution in [2.24, 2.45) is 0 Å². The first-order valence-corrected chi connectivity index (χ1v) is 10.0. The van der Waals surface area contributed by atoms with Crippen LogP contribution in [0.15, 0.2) is 53.3 Å². The van der Waals surface area contributed by atoms with Gasteiger partial charge in [-0.1, -0.05) is 18.2 Å². The summed E-state index contributed by atoms with van der Waals surface area (Å²) in [6.45, 7) is 7.24. The molecule has 3 aromatic rings. The molecule has 30 heavy (non-hydrogen) atoms. The molecule has 0 unspecified atom stereocenters. The summed E-state index contributed by atoms with van der Waals surface area (Å²) >= 11 is 0. The highest BCUT2D eigenvalue weighted by Crippen LogP contribution is 2.26. The van der Waals surface area contributed by atoms with Crippen LogP contribution in [-0.4, -0.2) is 10.8 Å². The molecule has 0 saturated heterocycles. The highest BCUT2D eigenvalue weighted by atomic mass is 19.1. The first kappa shape index (κ1) is 21.5. The molecule has 2 aromatic carbocycles. The first-order chi connectivity index (χ1) is 14.3. The van der Waals surface area contributed by atoms with Crippen molar-refractivity contribution in [3.05, 3.63) is 98.2 Å². The van der Waals surface area contributed by atoms with E-state index in [0.29, 0.717) is 34.4 Å². The van der Waals surface area contributed by atoms with Crippen molar-refractivity contribution in [2.75, 3.05) is 0 Å². The van der Waals surface area contributed by atoms with Crippen LogP contribution in [0.5, 0.6) is 5.75 Å². The third-order valence-corrected chi connectivity index (χ3v) is 5.23. The Hall–Kier alpha value is -3.21. The van der Waals surface area contributed by atoms with Crippen LogP contribution in [0.25, 0.3) is 0 Å². The van der Waals surface area contributed by atoms with Gasteiger partial charge in [-0.05, 0) is 75.6 Å².